The predicted octanol–water partition coefficient (Wildman–Crippen LogP) is 2.78. The first-order valence-corrected chi connectivity index (χ1v) is 16.1. The van der Waals surface area contributed by atoms with Crippen molar-refractivity contribution in [2.24, 2.45) is 5.41 Å². The monoisotopic (exact) mass is 658 g/mol. The van der Waals surface area contributed by atoms with Crippen molar-refractivity contribution in [3.8, 4) is 5.75 Å². The van der Waals surface area contributed by atoms with E-state index in [4.69, 9.17) is 24.3 Å². The Morgan fingerprint density at radius 1 is 1.26 bits per heavy atom. The SMILES string of the molecule is CNc1nc(N)nc2c1ncn2C1O[C@H](COP(=O)(N[C@@H](C)C(=O)OCC(C)(C)C)Oc2ccc3ncccc3c2)[C@@H](O)[C@@]1(C)O. The summed E-state index contributed by atoms with van der Waals surface area (Å²) in [4.78, 5) is 29.7. The van der Waals surface area contributed by atoms with Gasteiger partial charge in [0.25, 0.3) is 0 Å². The molecule has 5 rings (SSSR count). The number of pyridine rings is 1. The second-order valence-corrected chi connectivity index (χ2v) is 14.2. The van der Waals surface area contributed by atoms with E-state index in [0.717, 1.165) is 5.39 Å². The molecule has 0 saturated carbocycles. The molecule has 1 aromatic carbocycles. The Morgan fingerprint density at radius 3 is 2.74 bits per heavy atom. The van der Waals surface area contributed by atoms with Crippen LogP contribution in [0.4, 0.5) is 11.8 Å². The second-order valence-electron chi connectivity index (χ2n) is 12.5. The Labute approximate surface area is 265 Å². The number of anilines is 2. The number of imidazole rings is 1. The molecule has 0 radical (unpaired) electrons. The zero-order valence-electron chi connectivity index (χ0n) is 26.4. The smallest absolute Gasteiger partial charge is 0.459 e. The fourth-order valence-electron chi connectivity index (χ4n) is 4.87. The molecule has 1 aliphatic heterocycles. The number of carbonyl (C=O) groups excluding carboxylic acids is 1. The molecule has 17 heteroatoms. The molecule has 0 aliphatic carbocycles. The van der Waals surface area contributed by atoms with Crippen LogP contribution in [0.2, 0.25) is 0 Å². The van der Waals surface area contributed by atoms with Crippen molar-refractivity contribution in [3.05, 3.63) is 42.9 Å². The number of aliphatic hydroxyl groups is 2. The first kappa shape index (κ1) is 33.4. The van der Waals surface area contributed by atoms with Crippen molar-refractivity contribution in [2.75, 3.05) is 31.3 Å². The van der Waals surface area contributed by atoms with E-state index >= 15 is 0 Å². The maximum atomic E-state index is 14.2. The molecule has 1 fully saturated rings. The van der Waals surface area contributed by atoms with Crippen LogP contribution < -0.4 is 20.7 Å². The normalized spacial score (nSPS) is 23.7. The average Bonchev–Trinajstić information content (AvgIpc) is 3.50. The molecule has 1 aliphatic rings. The zero-order valence-corrected chi connectivity index (χ0v) is 27.3. The molecule has 4 aromatic rings. The summed E-state index contributed by atoms with van der Waals surface area (Å²) in [6.07, 6.45) is -0.904. The van der Waals surface area contributed by atoms with Gasteiger partial charge in [0.15, 0.2) is 23.2 Å². The highest BCUT2D eigenvalue weighted by atomic mass is 31.2. The van der Waals surface area contributed by atoms with Crippen LogP contribution >= 0.6 is 7.75 Å². The maximum Gasteiger partial charge on any atom is 0.459 e. The Hall–Kier alpha value is -3.92. The first-order chi connectivity index (χ1) is 21.6. The van der Waals surface area contributed by atoms with Gasteiger partial charge in [0.2, 0.25) is 5.95 Å². The largest absolute Gasteiger partial charge is 0.464 e. The fraction of sp³-hybridized carbons (Fsp3) is 0.483. The van der Waals surface area contributed by atoms with Gasteiger partial charge in [-0.25, -0.2) is 9.55 Å². The highest BCUT2D eigenvalue weighted by molar-refractivity contribution is 7.52. The Morgan fingerprint density at radius 2 is 2.02 bits per heavy atom. The van der Waals surface area contributed by atoms with Crippen LogP contribution in [0.3, 0.4) is 0 Å². The lowest BCUT2D eigenvalue weighted by molar-refractivity contribution is -0.148. The first-order valence-electron chi connectivity index (χ1n) is 14.6. The fourth-order valence-corrected chi connectivity index (χ4v) is 6.36. The molecule has 0 spiro atoms. The summed E-state index contributed by atoms with van der Waals surface area (Å²) < 4.78 is 38.7. The van der Waals surface area contributed by atoms with Gasteiger partial charge in [0, 0.05) is 18.6 Å². The van der Waals surface area contributed by atoms with E-state index < -0.39 is 50.4 Å². The van der Waals surface area contributed by atoms with Gasteiger partial charge in [-0.1, -0.05) is 26.8 Å². The molecule has 2 unspecified atom stereocenters. The Bertz CT molecular complexity index is 1780. The summed E-state index contributed by atoms with van der Waals surface area (Å²) in [5.41, 5.74) is 5.01. The molecule has 3 aromatic heterocycles. The van der Waals surface area contributed by atoms with Gasteiger partial charge in [0.05, 0.1) is 25.1 Å². The highest BCUT2D eigenvalue weighted by Gasteiger charge is 2.54. The summed E-state index contributed by atoms with van der Waals surface area (Å²) in [5, 5.41) is 28.8. The van der Waals surface area contributed by atoms with E-state index in [2.05, 4.69) is 30.3 Å². The Kier molecular flexibility index (Phi) is 9.23. The minimum Gasteiger partial charge on any atom is -0.464 e. The number of rotatable bonds is 11. The van der Waals surface area contributed by atoms with E-state index in [1.165, 1.54) is 24.7 Å². The van der Waals surface area contributed by atoms with Gasteiger partial charge >= 0.3 is 13.7 Å². The van der Waals surface area contributed by atoms with Crippen LogP contribution in [0, 0.1) is 5.41 Å². The van der Waals surface area contributed by atoms with Gasteiger partial charge in [-0.2, -0.15) is 15.1 Å². The van der Waals surface area contributed by atoms with Crippen LogP contribution in [0.5, 0.6) is 5.75 Å². The molecule has 16 nitrogen and oxygen atoms in total. The van der Waals surface area contributed by atoms with Crippen molar-refractivity contribution in [1.29, 1.82) is 0 Å². The summed E-state index contributed by atoms with van der Waals surface area (Å²) in [6.45, 7) is 8.20. The number of hydrogen-bond acceptors (Lipinski definition) is 14. The van der Waals surface area contributed by atoms with Gasteiger partial charge in [-0.05, 0) is 43.5 Å². The number of hydrogen-bond donors (Lipinski definition) is 5. The van der Waals surface area contributed by atoms with E-state index in [-0.39, 0.29) is 29.4 Å². The van der Waals surface area contributed by atoms with Crippen molar-refractivity contribution < 1.29 is 38.1 Å². The van der Waals surface area contributed by atoms with Crippen LogP contribution in [-0.2, 0) is 23.4 Å². The molecule has 248 valence electrons. The molecular formula is C29H39N8O8P. The van der Waals surface area contributed by atoms with E-state index in [1.807, 2.05) is 26.8 Å². The number of nitrogen functional groups attached to an aromatic ring is 1. The van der Waals surface area contributed by atoms with Gasteiger partial charge < -0.3 is 35.3 Å². The van der Waals surface area contributed by atoms with Gasteiger partial charge in [-0.3, -0.25) is 18.9 Å². The third-order valence-electron chi connectivity index (χ3n) is 7.24. The standard InChI is InChI=1S/C29H39N8O8P/c1-16(25(39)42-14-28(2,3)4)36-46(41,45-18-9-10-19-17(12-18)8-7-11-32-19)43-13-20-22(38)29(5,40)26(44-20)37-15-33-21-23(31-6)34-27(30)35-24(21)37/h7-12,15-16,20,22,26,38,40H,13-14H2,1-6H3,(H,36,41)(H3,30,31,34,35)/t16-,20+,22+,26?,29+,46?/m0/s1. The summed E-state index contributed by atoms with van der Waals surface area (Å²) >= 11 is 0. The summed E-state index contributed by atoms with van der Waals surface area (Å²) in [6, 6.07) is 7.33. The van der Waals surface area contributed by atoms with Crippen LogP contribution in [0.15, 0.2) is 42.9 Å². The van der Waals surface area contributed by atoms with E-state index in [0.29, 0.717) is 16.9 Å². The molecule has 46 heavy (non-hydrogen) atoms. The maximum absolute atomic E-state index is 14.2. The van der Waals surface area contributed by atoms with Crippen molar-refractivity contribution in [2.45, 2.75) is 64.7 Å². The number of aliphatic hydroxyl groups excluding tert-OH is 1. The number of esters is 1. The van der Waals surface area contributed by atoms with Crippen LogP contribution in [0.25, 0.3) is 22.1 Å². The Balaban J connectivity index is 1.38. The van der Waals surface area contributed by atoms with E-state index in [9.17, 15) is 19.6 Å². The van der Waals surface area contributed by atoms with Gasteiger partial charge in [-0.15, -0.1) is 0 Å². The third-order valence-corrected chi connectivity index (χ3v) is 8.89. The molecule has 6 N–H and O–H groups in total. The molecular weight excluding hydrogens is 619 g/mol. The highest BCUT2D eigenvalue weighted by Crippen LogP contribution is 2.47. The number of fused-ring (bicyclic) bond motifs is 2. The summed E-state index contributed by atoms with van der Waals surface area (Å²) in [5.74, 6) is -0.171. The lowest BCUT2D eigenvalue weighted by Gasteiger charge is -2.27. The third kappa shape index (κ3) is 7.07. The molecule has 0 amide bonds. The minimum atomic E-state index is -4.36. The number of carbonyl (C=O) groups is 1. The number of benzene rings is 1. The number of aromatic nitrogens is 5. The molecule has 4 heterocycles. The zero-order chi connectivity index (χ0) is 33.4. The average molecular weight is 659 g/mol. The molecule has 6 atom stereocenters. The lowest BCUT2D eigenvalue weighted by Crippen LogP contribution is -2.44. The molecule has 1 saturated heterocycles. The van der Waals surface area contributed by atoms with Crippen LogP contribution in [0.1, 0.15) is 40.8 Å². The van der Waals surface area contributed by atoms with Crippen molar-refractivity contribution >= 4 is 47.5 Å². The quantitative estimate of drug-likeness (QED) is 0.116. The lowest BCUT2D eigenvalue weighted by atomic mass is 9.96. The predicted molar refractivity (Wildman–Crippen MR) is 169 cm³/mol. The molecule has 0 bridgehead atoms. The number of nitrogens with one attached hydrogen (secondary N) is 2. The van der Waals surface area contributed by atoms with Gasteiger partial charge in [0.1, 0.15) is 29.6 Å². The van der Waals surface area contributed by atoms with Crippen molar-refractivity contribution in [3.63, 3.8) is 0 Å². The van der Waals surface area contributed by atoms with Crippen molar-refractivity contribution in [1.82, 2.24) is 29.6 Å². The number of nitrogens with zero attached hydrogens (tertiary/aromatic N) is 5. The summed E-state index contributed by atoms with van der Waals surface area (Å²) in [7, 11) is -2.71. The topological polar surface area (TPSA) is 218 Å². The number of ether oxygens (including phenoxy) is 2. The second kappa shape index (κ2) is 12.7. The minimum absolute atomic E-state index is 0.0412. The van der Waals surface area contributed by atoms with Crippen LogP contribution in [-0.4, -0.2) is 84.8 Å². The van der Waals surface area contributed by atoms with E-state index in [1.54, 1.807) is 37.5 Å². The number of nitrogens with two attached hydrogens (primary N) is 1.